The summed E-state index contributed by atoms with van der Waals surface area (Å²) >= 11 is 0. The number of carboxylic acid groups (broad SMARTS) is 1. The number of carbonyl (C=O) groups excluding carboxylic acids is 2. The molecule has 0 bridgehead atoms. The smallest absolute Gasteiger partial charge is 0.408 e. The molecule has 2 aliphatic carbocycles. The summed E-state index contributed by atoms with van der Waals surface area (Å²) in [6, 6.07) is 16.3. The molecule has 0 aliphatic heterocycles. The number of nitrogens with one attached hydrogen (secondary N) is 2. The van der Waals surface area contributed by atoms with Crippen LogP contribution < -0.4 is 10.6 Å². The zero-order chi connectivity index (χ0) is 25.0. The van der Waals surface area contributed by atoms with Gasteiger partial charge in [-0.15, -0.1) is 0 Å². The third-order valence-electron chi connectivity index (χ3n) is 7.34. The van der Waals surface area contributed by atoms with Gasteiger partial charge in [-0.25, -0.2) is 4.79 Å². The van der Waals surface area contributed by atoms with E-state index in [2.05, 4.69) is 48.7 Å². The van der Waals surface area contributed by atoms with Crippen LogP contribution in [0.4, 0.5) is 4.79 Å². The highest BCUT2D eigenvalue weighted by Gasteiger charge is 2.51. The van der Waals surface area contributed by atoms with E-state index in [9.17, 15) is 14.4 Å². The highest BCUT2D eigenvalue weighted by Crippen LogP contribution is 2.44. The molecule has 186 valence electrons. The van der Waals surface area contributed by atoms with Gasteiger partial charge in [-0.1, -0.05) is 62.4 Å². The van der Waals surface area contributed by atoms with Crippen molar-refractivity contribution in [2.75, 3.05) is 13.2 Å². The van der Waals surface area contributed by atoms with E-state index < -0.39 is 17.6 Å². The maximum absolute atomic E-state index is 12.8. The lowest BCUT2D eigenvalue weighted by Crippen LogP contribution is -2.49. The number of aliphatic carboxylic acids is 1. The van der Waals surface area contributed by atoms with E-state index in [1.165, 1.54) is 11.1 Å². The average Bonchev–Trinajstić information content (AvgIpc) is 3.54. The van der Waals surface area contributed by atoms with Crippen molar-refractivity contribution in [3.63, 3.8) is 0 Å². The molecule has 0 spiro atoms. The Labute approximate surface area is 206 Å². The third kappa shape index (κ3) is 5.66. The van der Waals surface area contributed by atoms with Gasteiger partial charge in [-0.2, -0.15) is 0 Å². The first-order valence-electron chi connectivity index (χ1n) is 12.4. The predicted molar refractivity (Wildman–Crippen MR) is 133 cm³/mol. The molecule has 2 amide bonds. The molecule has 3 N–H and O–H groups in total. The van der Waals surface area contributed by atoms with Crippen LogP contribution in [0.1, 0.15) is 63.0 Å². The van der Waals surface area contributed by atoms with E-state index in [1.807, 2.05) is 24.3 Å². The number of fused-ring (bicyclic) bond motifs is 3. The molecule has 0 aromatic heterocycles. The summed E-state index contributed by atoms with van der Waals surface area (Å²) in [7, 11) is 0. The maximum Gasteiger partial charge on any atom is 0.408 e. The van der Waals surface area contributed by atoms with Gasteiger partial charge < -0.3 is 20.5 Å². The molecule has 2 aromatic rings. The second-order valence-electron chi connectivity index (χ2n) is 10.0. The van der Waals surface area contributed by atoms with Crippen LogP contribution in [-0.4, -0.2) is 41.8 Å². The molecule has 35 heavy (non-hydrogen) atoms. The molecule has 1 fully saturated rings. The average molecular weight is 479 g/mol. The van der Waals surface area contributed by atoms with Crippen molar-refractivity contribution in [1.29, 1.82) is 0 Å². The third-order valence-corrected chi connectivity index (χ3v) is 7.34. The minimum absolute atomic E-state index is 0.0316. The van der Waals surface area contributed by atoms with Crippen molar-refractivity contribution >= 4 is 18.0 Å². The molecule has 4 rings (SSSR count). The first kappa shape index (κ1) is 24.8. The summed E-state index contributed by atoms with van der Waals surface area (Å²) in [5.41, 5.74) is 3.71. The minimum atomic E-state index is -0.906. The van der Waals surface area contributed by atoms with Crippen LogP contribution in [0, 0.1) is 11.8 Å². The van der Waals surface area contributed by atoms with E-state index in [1.54, 1.807) is 0 Å². The van der Waals surface area contributed by atoms with Crippen LogP contribution in [0.3, 0.4) is 0 Å². The van der Waals surface area contributed by atoms with Crippen LogP contribution in [0.25, 0.3) is 11.1 Å². The van der Waals surface area contributed by atoms with Crippen LogP contribution in [-0.2, 0) is 14.3 Å². The number of hydrogen-bond acceptors (Lipinski definition) is 4. The lowest BCUT2D eigenvalue weighted by Gasteiger charge is -2.22. The lowest BCUT2D eigenvalue weighted by atomic mass is 9.88. The molecule has 7 nitrogen and oxygen atoms in total. The Morgan fingerprint density at radius 1 is 1.00 bits per heavy atom. The second-order valence-corrected chi connectivity index (χ2v) is 10.0. The Morgan fingerprint density at radius 3 is 2.14 bits per heavy atom. The predicted octanol–water partition coefficient (Wildman–Crippen LogP) is 4.70. The largest absolute Gasteiger partial charge is 0.481 e. The molecule has 2 aromatic carbocycles. The Morgan fingerprint density at radius 2 is 1.60 bits per heavy atom. The summed E-state index contributed by atoms with van der Waals surface area (Å²) < 4.78 is 5.61. The molecule has 1 atom stereocenters. The standard InChI is InChI=1S/C28H34N2O5/c1-18(2)19(11-12-25(31)32)13-16-29-26(33)28(14-15-28)30-27(34)35-17-24-22-9-5-3-7-20(22)21-8-4-6-10-23(21)24/h3-10,18-19,24H,11-17H2,1-2H3,(H,29,33)(H,30,34)(H,31,32). The highest BCUT2D eigenvalue weighted by molar-refractivity contribution is 5.92. The van der Waals surface area contributed by atoms with Gasteiger partial charge >= 0.3 is 12.1 Å². The number of hydrogen-bond donors (Lipinski definition) is 3. The minimum Gasteiger partial charge on any atom is -0.481 e. The van der Waals surface area contributed by atoms with Crippen molar-refractivity contribution < 1.29 is 24.2 Å². The molecule has 1 unspecified atom stereocenters. The molecular weight excluding hydrogens is 444 g/mol. The SMILES string of the molecule is CC(C)C(CCNC(=O)C1(NC(=O)OCC2c3ccccc3-c3ccccc32)CC1)CCC(=O)O. The number of carboxylic acids is 1. The van der Waals surface area contributed by atoms with Crippen LogP contribution in [0.15, 0.2) is 48.5 Å². The Bertz CT molecular complexity index is 1050. The molecule has 0 radical (unpaired) electrons. The fourth-order valence-electron chi connectivity index (χ4n) is 5.02. The van der Waals surface area contributed by atoms with Gasteiger partial charge in [0.05, 0.1) is 0 Å². The van der Waals surface area contributed by atoms with Crippen molar-refractivity contribution in [1.82, 2.24) is 10.6 Å². The van der Waals surface area contributed by atoms with Crippen LogP contribution >= 0.6 is 0 Å². The number of carbonyl (C=O) groups is 3. The summed E-state index contributed by atoms with van der Waals surface area (Å²) in [4.78, 5) is 36.3. The van der Waals surface area contributed by atoms with Gasteiger partial charge in [0.15, 0.2) is 0 Å². The Balaban J connectivity index is 1.28. The quantitative estimate of drug-likeness (QED) is 0.434. The van der Waals surface area contributed by atoms with E-state index in [-0.39, 0.29) is 30.8 Å². The van der Waals surface area contributed by atoms with Gasteiger partial charge in [-0.3, -0.25) is 9.59 Å². The first-order chi connectivity index (χ1) is 16.8. The molecule has 0 saturated heterocycles. The molecule has 7 heteroatoms. The van der Waals surface area contributed by atoms with Gasteiger partial charge in [0.1, 0.15) is 12.1 Å². The van der Waals surface area contributed by atoms with Crippen molar-refractivity contribution in [3.8, 4) is 11.1 Å². The summed E-state index contributed by atoms with van der Waals surface area (Å²) in [5, 5.41) is 14.7. The van der Waals surface area contributed by atoms with Crippen molar-refractivity contribution in [2.24, 2.45) is 11.8 Å². The van der Waals surface area contributed by atoms with Crippen LogP contribution in [0.5, 0.6) is 0 Å². The van der Waals surface area contributed by atoms with Gasteiger partial charge in [0.25, 0.3) is 0 Å². The summed E-state index contributed by atoms with van der Waals surface area (Å²) in [5.74, 6) is -0.483. The maximum atomic E-state index is 12.8. The van der Waals surface area contributed by atoms with Crippen molar-refractivity contribution in [3.05, 3.63) is 59.7 Å². The molecule has 1 saturated carbocycles. The zero-order valence-corrected chi connectivity index (χ0v) is 20.4. The number of benzene rings is 2. The number of alkyl carbamates (subject to hydrolysis) is 1. The normalized spacial score (nSPS) is 16.2. The number of rotatable bonds is 11. The molecule has 0 heterocycles. The van der Waals surface area contributed by atoms with Gasteiger partial charge in [0.2, 0.25) is 5.91 Å². The first-order valence-corrected chi connectivity index (χ1v) is 12.4. The molecular formula is C28H34N2O5. The Kier molecular flexibility index (Phi) is 7.43. The van der Waals surface area contributed by atoms with Gasteiger partial charge in [0, 0.05) is 18.9 Å². The van der Waals surface area contributed by atoms with E-state index >= 15 is 0 Å². The lowest BCUT2D eigenvalue weighted by molar-refractivity contribution is -0.137. The Hall–Kier alpha value is -3.35. The van der Waals surface area contributed by atoms with Gasteiger partial charge in [-0.05, 0) is 59.8 Å². The van der Waals surface area contributed by atoms with Crippen LogP contribution in [0.2, 0.25) is 0 Å². The number of ether oxygens (including phenoxy) is 1. The zero-order valence-electron chi connectivity index (χ0n) is 20.4. The topological polar surface area (TPSA) is 105 Å². The fourth-order valence-corrected chi connectivity index (χ4v) is 5.02. The summed E-state index contributed by atoms with van der Waals surface area (Å²) in [6.07, 6.45) is 2.00. The van der Waals surface area contributed by atoms with E-state index in [0.717, 1.165) is 11.1 Å². The van der Waals surface area contributed by atoms with E-state index in [0.29, 0.717) is 38.1 Å². The number of amides is 2. The molecule has 2 aliphatic rings. The van der Waals surface area contributed by atoms with Crippen molar-refractivity contribution in [2.45, 2.75) is 57.4 Å². The highest BCUT2D eigenvalue weighted by atomic mass is 16.5. The summed E-state index contributed by atoms with van der Waals surface area (Å²) in [6.45, 7) is 4.79. The fraction of sp³-hybridized carbons (Fsp3) is 0.464. The monoisotopic (exact) mass is 478 g/mol. The second kappa shape index (κ2) is 10.5. The van der Waals surface area contributed by atoms with E-state index in [4.69, 9.17) is 9.84 Å².